The molecular formula is C8H7N2O. The molecule has 55 valence electrons. The molecular weight excluding hydrogens is 140 g/mol. The molecule has 0 bridgehead atoms. The van der Waals surface area contributed by atoms with Crippen molar-refractivity contribution < 1.29 is 5.11 Å². The summed E-state index contributed by atoms with van der Waals surface area (Å²) in [6.45, 7) is 1.71. The number of aliphatic hydroxyl groups excluding tert-OH is 1. The topological polar surface area (TPSA) is 46.0 Å². The van der Waals surface area contributed by atoms with Crippen molar-refractivity contribution in [1.82, 2.24) is 9.97 Å². The highest BCUT2D eigenvalue weighted by molar-refractivity contribution is 5.32. The smallest absolute Gasteiger partial charge is 0.198 e. The van der Waals surface area contributed by atoms with Crippen LogP contribution in [0.15, 0.2) is 6.20 Å². The summed E-state index contributed by atoms with van der Waals surface area (Å²) >= 11 is 0. The number of hydrogen-bond donors (Lipinski definition) is 1. The van der Waals surface area contributed by atoms with E-state index in [2.05, 4.69) is 28.1 Å². The van der Waals surface area contributed by atoms with E-state index in [1.165, 1.54) is 0 Å². The van der Waals surface area contributed by atoms with Crippen LogP contribution in [0.25, 0.3) is 0 Å². The summed E-state index contributed by atoms with van der Waals surface area (Å²) in [4.78, 5) is 7.48. The van der Waals surface area contributed by atoms with Crippen molar-refractivity contribution in [2.75, 3.05) is 6.61 Å². The first-order valence-corrected chi connectivity index (χ1v) is 3.14. The second kappa shape index (κ2) is 3.69. The summed E-state index contributed by atoms with van der Waals surface area (Å²) in [5.41, 5.74) is 1.51. The Bertz CT molecular complexity index is 298. The first-order valence-electron chi connectivity index (χ1n) is 3.14. The van der Waals surface area contributed by atoms with Crippen LogP contribution in [0.4, 0.5) is 0 Å². The van der Waals surface area contributed by atoms with Crippen molar-refractivity contribution >= 4 is 0 Å². The second-order valence-electron chi connectivity index (χ2n) is 1.96. The molecule has 1 aromatic rings. The maximum Gasteiger partial charge on any atom is 0.198 e. The molecule has 0 atom stereocenters. The van der Waals surface area contributed by atoms with Crippen molar-refractivity contribution in [2.45, 2.75) is 6.92 Å². The molecule has 1 rings (SSSR count). The molecule has 0 fully saturated rings. The summed E-state index contributed by atoms with van der Waals surface area (Å²) in [6, 6.07) is 0. The van der Waals surface area contributed by atoms with Crippen LogP contribution in [0.1, 0.15) is 11.3 Å². The lowest BCUT2D eigenvalue weighted by atomic mass is 10.2. The van der Waals surface area contributed by atoms with E-state index in [1.54, 1.807) is 6.20 Å². The summed E-state index contributed by atoms with van der Waals surface area (Å²) in [6.07, 6.45) is 4.06. The van der Waals surface area contributed by atoms with Crippen LogP contribution < -0.4 is 0 Å². The summed E-state index contributed by atoms with van der Waals surface area (Å²) in [7, 11) is 0. The van der Waals surface area contributed by atoms with Gasteiger partial charge in [-0.15, -0.1) is 0 Å². The predicted octanol–water partition coefficient (Wildman–Crippen LogP) is -0.0710. The Balaban J connectivity index is 2.95. The highest BCUT2D eigenvalue weighted by atomic mass is 16.2. The van der Waals surface area contributed by atoms with Crippen LogP contribution in [0, 0.1) is 25.1 Å². The molecule has 1 N–H and O–H groups in total. The average Bonchev–Trinajstić information content (AvgIpc) is 2.03. The van der Waals surface area contributed by atoms with Gasteiger partial charge in [-0.1, -0.05) is 5.92 Å². The SMILES string of the molecule is Cc1cn[c]nc1C#CCO. The Morgan fingerprint density at radius 2 is 2.55 bits per heavy atom. The fourth-order valence-electron chi connectivity index (χ4n) is 0.604. The predicted molar refractivity (Wildman–Crippen MR) is 39.6 cm³/mol. The molecule has 0 aliphatic heterocycles. The van der Waals surface area contributed by atoms with Crippen molar-refractivity contribution in [3.8, 4) is 11.8 Å². The van der Waals surface area contributed by atoms with E-state index in [-0.39, 0.29) is 6.61 Å². The van der Waals surface area contributed by atoms with Gasteiger partial charge in [-0.25, -0.2) is 9.97 Å². The van der Waals surface area contributed by atoms with Crippen LogP contribution in [0.2, 0.25) is 0 Å². The van der Waals surface area contributed by atoms with Crippen LogP contribution in [0.3, 0.4) is 0 Å². The fraction of sp³-hybridized carbons (Fsp3) is 0.250. The van der Waals surface area contributed by atoms with Gasteiger partial charge in [-0.05, 0) is 12.8 Å². The Morgan fingerprint density at radius 1 is 1.73 bits per heavy atom. The molecule has 11 heavy (non-hydrogen) atoms. The fourth-order valence-corrected chi connectivity index (χ4v) is 0.604. The zero-order chi connectivity index (χ0) is 8.10. The van der Waals surface area contributed by atoms with E-state index in [1.807, 2.05) is 6.92 Å². The Hall–Kier alpha value is -1.40. The summed E-state index contributed by atoms with van der Waals surface area (Å²) in [5.74, 6) is 5.18. The largest absolute Gasteiger partial charge is 0.384 e. The van der Waals surface area contributed by atoms with Gasteiger partial charge in [0.1, 0.15) is 12.3 Å². The number of aliphatic hydroxyl groups is 1. The number of aromatic nitrogens is 2. The average molecular weight is 147 g/mol. The zero-order valence-corrected chi connectivity index (χ0v) is 6.13. The lowest BCUT2D eigenvalue weighted by Crippen LogP contribution is -1.89. The quantitative estimate of drug-likeness (QED) is 0.522. The van der Waals surface area contributed by atoms with Crippen LogP contribution in [-0.4, -0.2) is 21.7 Å². The van der Waals surface area contributed by atoms with E-state index in [9.17, 15) is 0 Å². The molecule has 0 amide bonds. The van der Waals surface area contributed by atoms with E-state index in [4.69, 9.17) is 5.11 Å². The van der Waals surface area contributed by atoms with Gasteiger partial charge in [0.15, 0.2) is 6.33 Å². The third-order valence-electron chi connectivity index (χ3n) is 1.14. The molecule has 1 radical (unpaired) electrons. The Morgan fingerprint density at radius 3 is 3.18 bits per heavy atom. The molecule has 1 heterocycles. The van der Waals surface area contributed by atoms with Crippen LogP contribution in [-0.2, 0) is 0 Å². The third kappa shape index (κ3) is 2.03. The van der Waals surface area contributed by atoms with Gasteiger partial charge in [0.05, 0.1) is 0 Å². The number of rotatable bonds is 0. The van der Waals surface area contributed by atoms with Gasteiger partial charge in [0.2, 0.25) is 0 Å². The minimum absolute atomic E-state index is 0.149. The monoisotopic (exact) mass is 147 g/mol. The second-order valence-corrected chi connectivity index (χ2v) is 1.96. The van der Waals surface area contributed by atoms with Crippen molar-refractivity contribution in [2.24, 2.45) is 0 Å². The molecule has 0 aromatic carbocycles. The van der Waals surface area contributed by atoms with Gasteiger partial charge in [0.25, 0.3) is 0 Å². The maximum atomic E-state index is 8.39. The van der Waals surface area contributed by atoms with Crippen molar-refractivity contribution in [3.63, 3.8) is 0 Å². The molecule has 0 unspecified atom stereocenters. The van der Waals surface area contributed by atoms with E-state index < -0.39 is 0 Å². The van der Waals surface area contributed by atoms with Gasteiger partial charge in [-0.2, -0.15) is 0 Å². The molecule has 0 spiro atoms. The molecule has 0 aliphatic rings. The van der Waals surface area contributed by atoms with Gasteiger partial charge >= 0.3 is 0 Å². The highest BCUT2D eigenvalue weighted by Crippen LogP contribution is 1.96. The minimum atomic E-state index is -0.149. The van der Waals surface area contributed by atoms with E-state index in [0.717, 1.165) is 5.56 Å². The van der Waals surface area contributed by atoms with E-state index in [0.29, 0.717) is 5.69 Å². The van der Waals surface area contributed by atoms with Gasteiger partial charge in [0, 0.05) is 11.8 Å². The maximum absolute atomic E-state index is 8.39. The Labute approximate surface area is 65.1 Å². The normalized spacial score (nSPS) is 8.55. The number of aryl methyl sites for hydroxylation is 1. The molecule has 3 heteroatoms. The molecule has 0 saturated carbocycles. The highest BCUT2D eigenvalue weighted by Gasteiger charge is 1.92. The van der Waals surface area contributed by atoms with Crippen molar-refractivity contribution in [1.29, 1.82) is 0 Å². The first-order chi connectivity index (χ1) is 5.34. The van der Waals surface area contributed by atoms with Gasteiger partial charge in [-0.3, -0.25) is 0 Å². The molecule has 0 saturated heterocycles. The Kier molecular flexibility index (Phi) is 2.59. The van der Waals surface area contributed by atoms with E-state index >= 15 is 0 Å². The standard InChI is InChI=1S/C8H7N2O/c1-7-5-9-6-10-8(7)3-2-4-11/h5,11H,4H2,1H3. The van der Waals surface area contributed by atoms with Crippen LogP contribution >= 0.6 is 0 Å². The number of hydrogen-bond acceptors (Lipinski definition) is 3. The lowest BCUT2D eigenvalue weighted by molar-refractivity contribution is 0.350. The summed E-state index contributed by atoms with van der Waals surface area (Å²) in [5, 5.41) is 8.39. The van der Waals surface area contributed by atoms with Gasteiger partial charge < -0.3 is 5.11 Å². The first kappa shape index (κ1) is 7.70. The molecule has 0 aliphatic carbocycles. The zero-order valence-electron chi connectivity index (χ0n) is 6.13. The van der Waals surface area contributed by atoms with Crippen LogP contribution in [0.5, 0.6) is 0 Å². The lowest BCUT2D eigenvalue weighted by Gasteiger charge is -1.91. The summed E-state index contributed by atoms with van der Waals surface area (Å²) < 4.78 is 0. The third-order valence-corrected chi connectivity index (χ3v) is 1.14. The number of nitrogens with zero attached hydrogens (tertiary/aromatic N) is 2. The molecule has 3 nitrogen and oxygen atoms in total. The van der Waals surface area contributed by atoms with Crippen molar-refractivity contribution in [3.05, 3.63) is 23.8 Å². The minimum Gasteiger partial charge on any atom is -0.384 e. The molecule has 1 aromatic heterocycles.